The van der Waals surface area contributed by atoms with Crippen molar-refractivity contribution >= 4 is 17.6 Å². The van der Waals surface area contributed by atoms with Crippen molar-refractivity contribution in [1.29, 1.82) is 0 Å². The SMILES string of the molecule is Cc1ccc(NC(=O)CN2CCC(C(=O)O)C2C)cc1C. The van der Waals surface area contributed by atoms with E-state index >= 15 is 0 Å². The molecule has 5 nitrogen and oxygen atoms in total. The average molecular weight is 290 g/mol. The van der Waals surface area contributed by atoms with E-state index in [1.807, 2.05) is 43.9 Å². The van der Waals surface area contributed by atoms with Crippen molar-refractivity contribution in [2.45, 2.75) is 33.2 Å². The van der Waals surface area contributed by atoms with E-state index in [4.69, 9.17) is 5.11 Å². The zero-order chi connectivity index (χ0) is 15.6. The highest BCUT2D eigenvalue weighted by Crippen LogP contribution is 2.24. The van der Waals surface area contributed by atoms with Gasteiger partial charge in [-0.2, -0.15) is 0 Å². The Morgan fingerprint density at radius 1 is 1.33 bits per heavy atom. The summed E-state index contributed by atoms with van der Waals surface area (Å²) in [6, 6.07) is 5.70. The number of rotatable bonds is 4. The number of hydrogen-bond acceptors (Lipinski definition) is 3. The lowest BCUT2D eigenvalue weighted by molar-refractivity contribution is -0.142. The van der Waals surface area contributed by atoms with Crippen molar-refractivity contribution in [2.24, 2.45) is 5.92 Å². The summed E-state index contributed by atoms with van der Waals surface area (Å²) in [5, 5.41) is 12.0. The Balaban J connectivity index is 1.93. The molecule has 0 aromatic heterocycles. The molecule has 114 valence electrons. The lowest BCUT2D eigenvalue weighted by Crippen LogP contribution is -2.38. The van der Waals surface area contributed by atoms with E-state index < -0.39 is 5.97 Å². The standard InChI is InChI=1S/C16H22N2O3/c1-10-4-5-13(8-11(10)2)17-15(19)9-18-7-6-14(12(18)3)16(20)21/h4-5,8,12,14H,6-7,9H2,1-3H3,(H,17,19)(H,20,21). The predicted molar refractivity (Wildman–Crippen MR) is 81.3 cm³/mol. The molecule has 5 heteroatoms. The van der Waals surface area contributed by atoms with Crippen molar-refractivity contribution in [3.05, 3.63) is 29.3 Å². The zero-order valence-corrected chi connectivity index (χ0v) is 12.7. The van der Waals surface area contributed by atoms with Gasteiger partial charge in [0.05, 0.1) is 12.5 Å². The van der Waals surface area contributed by atoms with Crippen molar-refractivity contribution in [3.8, 4) is 0 Å². The molecule has 21 heavy (non-hydrogen) atoms. The maximum Gasteiger partial charge on any atom is 0.308 e. The third-order valence-corrected chi connectivity index (χ3v) is 4.34. The summed E-state index contributed by atoms with van der Waals surface area (Å²) in [6.07, 6.45) is 0.605. The van der Waals surface area contributed by atoms with Crippen LogP contribution in [0.1, 0.15) is 24.5 Å². The van der Waals surface area contributed by atoms with Gasteiger partial charge in [-0.25, -0.2) is 0 Å². The number of anilines is 1. The number of likely N-dealkylation sites (tertiary alicyclic amines) is 1. The highest BCUT2D eigenvalue weighted by molar-refractivity contribution is 5.92. The van der Waals surface area contributed by atoms with E-state index in [2.05, 4.69) is 5.32 Å². The number of carbonyl (C=O) groups is 2. The Morgan fingerprint density at radius 2 is 2.05 bits per heavy atom. The number of nitrogens with zero attached hydrogens (tertiary/aromatic N) is 1. The van der Waals surface area contributed by atoms with Gasteiger partial charge in [-0.05, 0) is 57.0 Å². The van der Waals surface area contributed by atoms with Gasteiger partial charge >= 0.3 is 5.97 Å². The van der Waals surface area contributed by atoms with Gasteiger partial charge in [-0.3, -0.25) is 14.5 Å². The lowest BCUT2D eigenvalue weighted by Gasteiger charge is -2.22. The van der Waals surface area contributed by atoms with Crippen LogP contribution in [0.2, 0.25) is 0 Å². The van der Waals surface area contributed by atoms with Crippen LogP contribution in [0.3, 0.4) is 0 Å². The fourth-order valence-electron chi connectivity index (χ4n) is 2.76. The molecule has 1 aliphatic heterocycles. The van der Waals surface area contributed by atoms with Crippen LogP contribution in [-0.2, 0) is 9.59 Å². The van der Waals surface area contributed by atoms with Gasteiger partial charge in [0, 0.05) is 11.7 Å². The summed E-state index contributed by atoms with van der Waals surface area (Å²) in [6.45, 7) is 6.79. The van der Waals surface area contributed by atoms with Crippen LogP contribution < -0.4 is 5.32 Å². The number of aryl methyl sites for hydroxylation is 2. The molecule has 1 heterocycles. The summed E-state index contributed by atoms with van der Waals surface area (Å²) in [4.78, 5) is 25.1. The minimum Gasteiger partial charge on any atom is -0.481 e. The molecule has 0 radical (unpaired) electrons. The highest BCUT2D eigenvalue weighted by Gasteiger charge is 2.36. The molecule has 1 fully saturated rings. The number of carbonyl (C=O) groups excluding carboxylic acids is 1. The first-order valence-electron chi connectivity index (χ1n) is 7.22. The van der Waals surface area contributed by atoms with Gasteiger partial charge in [-0.15, -0.1) is 0 Å². The first kappa shape index (κ1) is 15.5. The van der Waals surface area contributed by atoms with E-state index in [0.29, 0.717) is 13.0 Å². The quantitative estimate of drug-likeness (QED) is 0.890. The number of amides is 1. The molecule has 1 aliphatic rings. The second-order valence-corrected chi connectivity index (χ2v) is 5.79. The molecule has 2 unspecified atom stereocenters. The Morgan fingerprint density at radius 3 is 2.62 bits per heavy atom. The average Bonchev–Trinajstić information content (AvgIpc) is 2.75. The molecule has 1 aromatic carbocycles. The van der Waals surface area contributed by atoms with Gasteiger partial charge in [0.2, 0.25) is 5.91 Å². The van der Waals surface area contributed by atoms with Crippen LogP contribution in [0.15, 0.2) is 18.2 Å². The third-order valence-electron chi connectivity index (χ3n) is 4.34. The van der Waals surface area contributed by atoms with Crippen LogP contribution in [-0.4, -0.2) is 41.0 Å². The maximum atomic E-state index is 12.1. The number of carboxylic acid groups (broad SMARTS) is 1. The van der Waals surface area contributed by atoms with Gasteiger partial charge in [0.25, 0.3) is 0 Å². The fraction of sp³-hybridized carbons (Fsp3) is 0.500. The third kappa shape index (κ3) is 3.61. The molecule has 2 rings (SSSR count). The fourth-order valence-corrected chi connectivity index (χ4v) is 2.76. The normalized spacial score (nSPS) is 22.2. The second kappa shape index (κ2) is 6.26. The van der Waals surface area contributed by atoms with Crippen LogP contribution in [0.5, 0.6) is 0 Å². The smallest absolute Gasteiger partial charge is 0.308 e. The molecule has 2 N–H and O–H groups in total. The Labute approximate surface area is 125 Å². The minimum atomic E-state index is -0.778. The van der Waals surface area contributed by atoms with Crippen molar-refractivity contribution in [3.63, 3.8) is 0 Å². The first-order valence-corrected chi connectivity index (χ1v) is 7.22. The molecule has 2 atom stereocenters. The molecule has 1 saturated heterocycles. The summed E-state index contributed by atoms with van der Waals surface area (Å²) in [5.74, 6) is -1.25. The Hall–Kier alpha value is -1.88. The molecule has 0 saturated carbocycles. The van der Waals surface area contributed by atoms with Gasteiger partial charge in [0.15, 0.2) is 0 Å². The van der Waals surface area contributed by atoms with E-state index in [0.717, 1.165) is 11.3 Å². The largest absolute Gasteiger partial charge is 0.481 e. The Bertz CT molecular complexity index is 556. The van der Waals surface area contributed by atoms with E-state index in [1.165, 1.54) is 5.56 Å². The number of hydrogen-bond donors (Lipinski definition) is 2. The molecule has 0 bridgehead atoms. The van der Waals surface area contributed by atoms with Gasteiger partial charge in [0.1, 0.15) is 0 Å². The molecular weight excluding hydrogens is 268 g/mol. The van der Waals surface area contributed by atoms with Gasteiger partial charge in [-0.1, -0.05) is 6.07 Å². The van der Waals surface area contributed by atoms with Crippen molar-refractivity contribution in [1.82, 2.24) is 4.90 Å². The highest BCUT2D eigenvalue weighted by atomic mass is 16.4. The van der Waals surface area contributed by atoms with Crippen LogP contribution in [0.25, 0.3) is 0 Å². The zero-order valence-electron chi connectivity index (χ0n) is 12.7. The Kier molecular flexibility index (Phi) is 4.63. The number of aliphatic carboxylic acids is 1. The van der Waals surface area contributed by atoms with Gasteiger partial charge < -0.3 is 10.4 Å². The summed E-state index contributed by atoms with van der Waals surface area (Å²) >= 11 is 0. The van der Waals surface area contributed by atoms with Crippen molar-refractivity contribution < 1.29 is 14.7 Å². The monoisotopic (exact) mass is 290 g/mol. The van der Waals surface area contributed by atoms with Crippen LogP contribution in [0.4, 0.5) is 5.69 Å². The van der Waals surface area contributed by atoms with Crippen LogP contribution >= 0.6 is 0 Å². The second-order valence-electron chi connectivity index (χ2n) is 5.79. The molecule has 0 spiro atoms. The predicted octanol–water partition coefficient (Wildman–Crippen LogP) is 2.04. The summed E-state index contributed by atoms with van der Waals surface area (Å²) < 4.78 is 0. The maximum absolute atomic E-state index is 12.1. The number of carboxylic acids is 1. The summed E-state index contributed by atoms with van der Waals surface area (Å²) in [7, 11) is 0. The number of benzene rings is 1. The van der Waals surface area contributed by atoms with E-state index in [1.54, 1.807) is 0 Å². The summed E-state index contributed by atoms with van der Waals surface area (Å²) in [5.41, 5.74) is 3.10. The van der Waals surface area contributed by atoms with E-state index in [9.17, 15) is 9.59 Å². The topological polar surface area (TPSA) is 69.6 Å². The molecular formula is C16H22N2O3. The van der Waals surface area contributed by atoms with Crippen molar-refractivity contribution in [2.75, 3.05) is 18.4 Å². The van der Waals surface area contributed by atoms with Crippen LogP contribution in [0, 0.1) is 19.8 Å². The lowest BCUT2D eigenvalue weighted by atomic mass is 10.0. The number of nitrogens with one attached hydrogen (secondary N) is 1. The first-order chi connectivity index (χ1) is 9.88. The minimum absolute atomic E-state index is 0.101. The molecule has 1 aromatic rings. The van der Waals surface area contributed by atoms with E-state index in [-0.39, 0.29) is 24.4 Å². The molecule has 0 aliphatic carbocycles. The molecule has 1 amide bonds.